The molecule has 0 aromatic carbocycles. The van der Waals surface area contributed by atoms with E-state index in [2.05, 4.69) is 39.4 Å². The van der Waals surface area contributed by atoms with Crippen LogP contribution in [0.15, 0.2) is 0 Å². The second-order valence-electron chi connectivity index (χ2n) is 3.05. The van der Waals surface area contributed by atoms with Crippen molar-refractivity contribution in [1.29, 1.82) is 0 Å². The third-order valence-corrected chi connectivity index (χ3v) is 2.68. The zero-order valence-corrected chi connectivity index (χ0v) is 11.1. The lowest BCUT2D eigenvalue weighted by Gasteiger charge is -2.34. The van der Waals surface area contributed by atoms with Crippen LogP contribution in [0.25, 0.3) is 0 Å². The normalized spacial score (nSPS) is 11.9. The van der Waals surface area contributed by atoms with Crippen LogP contribution in [0, 0.1) is 0 Å². The molecule has 6 heteroatoms. The average Bonchev–Trinajstić information content (AvgIpc) is 2.07. The molecule has 0 spiro atoms. The largest absolute Gasteiger partial charge is 0.325 e. The van der Waals surface area contributed by atoms with Crippen molar-refractivity contribution in [2.75, 3.05) is 26.2 Å². The van der Waals surface area contributed by atoms with Crippen LogP contribution in [-0.4, -0.2) is 43.6 Å². The molecule has 0 rings (SSSR count). The topological polar surface area (TPSA) is 54.4 Å². The molecule has 14 heavy (non-hydrogen) atoms. The minimum absolute atomic E-state index is 1.28. The minimum atomic E-state index is -3.97. The molecule has 88 valence electrons. The third-order valence-electron chi connectivity index (χ3n) is 2.68. The molecule has 0 aromatic rings. The molecule has 0 aliphatic rings. The molecule has 0 atom stereocenters. The summed E-state index contributed by atoms with van der Waals surface area (Å²) in [6.45, 7) is 14.2. The first-order valence-electron chi connectivity index (χ1n) is 4.79. The minimum Gasteiger partial charge on any atom is -0.325 e. The van der Waals surface area contributed by atoms with E-state index in [1.165, 1.54) is 30.7 Å². The lowest BCUT2D eigenvalue weighted by molar-refractivity contribution is -0.921. The van der Waals surface area contributed by atoms with Crippen molar-refractivity contribution in [3.63, 3.8) is 0 Å². The highest BCUT2D eigenvalue weighted by Gasteiger charge is 2.16. The van der Waals surface area contributed by atoms with E-state index in [1.54, 1.807) is 0 Å². The molecule has 1 N–H and O–H groups in total. The van der Waals surface area contributed by atoms with Gasteiger partial charge in [0.15, 0.2) is 0 Å². The van der Waals surface area contributed by atoms with Crippen molar-refractivity contribution in [3.05, 3.63) is 0 Å². The zero-order chi connectivity index (χ0) is 11.8. The van der Waals surface area contributed by atoms with Crippen LogP contribution < -0.4 is 0 Å². The maximum absolute atomic E-state index is 9.05. The van der Waals surface area contributed by atoms with Crippen LogP contribution in [0.3, 0.4) is 0 Å². The van der Waals surface area contributed by atoms with Gasteiger partial charge in [-0.3, -0.25) is 4.55 Å². The summed E-state index contributed by atoms with van der Waals surface area (Å²) in [6.07, 6.45) is 0. The van der Waals surface area contributed by atoms with Crippen molar-refractivity contribution in [1.82, 2.24) is 0 Å². The van der Waals surface area contributed by atoms with E-state index in [-0.39, 0.29) is 0 Å². The Morgan fingerprint density at radius 2 is 1.14 bits per heavy atom. The standard InChI is InChI=1S/C8H20N.H2O3S2/c1-5-9(6-2,7-3)8-4;1-5(2,3)4/h5-8H2,1-4H3;(H2,1,2,3,4)/q+1;. The maximum atomic E-state index is 9.05. The summed E-state index contributed by atoms with van der Waals surface area (Å²) in [5, 5.41) is 0. The molecule has 0 aliphatic carbocycles. The van der Waals surface area contributed by atoms with Gasteiger partial charge in [-0.15, -0.1) is 0 Å². The van der Waals surface area contributed by atoms with Gasteiger partial charge in [-0.05, 0) is 39.4 Å². The summed E-state index contributed by atoms with van der Waals surface area (Å²) in [7, 11) is -3.97. The van der Waals surface area contributed by atoms with Crippen LogP contribution in [0.5, 0.6) is 0 Å². The molecule has 0 radical (unpaired) electrons. The molecule has 0 unspecified atom stereocenters. The van der Waals surface area contributed by atoms with Gasteiger partial charge in [0.1, 0.15) is 0 Å². The van der Waals surface area contributed by atoms with E-state index >= 15 is 0 Å². The Morgan fingerprint density at radius 1 is 1.00 bits per heavy atom. The number of rotatable bonds is 4. The molecule has 0 bridgehead atoms. The van der Waals surface area contributed by atoms with Crippen LogP contribution >= 0.6 is 11.7 Å². The summed E-state index contributed by atoms with van der Waals surface area (Å²) in [5.41, 5.74) is 0. The van der Waals surface area contributed by atoms with Crippen LogP contribution in [-0.2, 0) is 9.15 Å². The molecule has 0 aliphatic heterocycles. The molecule has 0 amide bonds. The second kappa shape index (κ2) is 7.50. The molecule has 0 fully saturated rings. The summed E-state index contributed by atoms with van der Waals surface area (Å²) in [4.78, 5) is 0. The Kier molecular flexibility index (Phi) is 8.92. The highest BCUT2D eigenvalue weighted by molar-refractivity contribution is 8.61. The quantitative estimate of drug-likeness (QED) is 0.342. The van der Waals surface area contributed by atoms with Crippen LogP contribution in [0.1, 0.15) is 27.7 Å². The first kappa shape index (κ1) is 16.6. The van der Waals surface area contributed by atoms with Gasteiger partial charge in [-0.2, -0.15) is 8.42 Å². The third kappa shape index (κ3) is 10.3. The predicted molar refractivity (Wildman–Crippen MR) is 63.0 cm³/mol. The van der Waals surface area contributed by atoms with Gasteiger partial charge >= 0.3 is 9.15 Å². The van der Waals surface area contributed by atoms with Gasteiger partial charge in [-0.25, -0.2) is 0 Å². The Balaban J connectivity index is 0. The molecular formula is C8H22NO3S2+. The molecule has 4 nitrogen and oxygen atoms in total. The Hall–Kier alpha value is 0.220. The number of quaternary nitrogens is 1. The SMILES string of the molecule is CC[N+](CC)(CC)CC.O=S(=O)(O)S. The van der Waals surface area contributed by atoms with Crippen LogP contribution in [0.4, 0.5) is 0 Å². The van der Waals surface area contributed by atoms with Gasteiger partial charge in [-0.1, -0.05) is 0 Å². The number of thiol groups is 1. The van der Waals surface area contributed by atoms with Crippen molar-refractivity contribution in [2.24, 2.45) is 0 Å². The van der Waals surface area contributed by atoms with Gasteiger partial charge in [0, 0.05) is 0 Å². The molecule has 0 aromatic heterocycles. The smallest absolute Gasteiger partial charge is 0.316 e. The monoisotopic (exact) mass is 244 g/mol. The Labute approximate surface area is 92.5 Å². The molecule has 0 saturated carbocycles. The molecule has 0 heterocycles. The van der Waals surface area contributed by atoms with Gasteiger partial charge in [0.2, 0.25) is 0 Å². The number of hydrogen-bond donors (Lipinski definition) is 2. The molecular weight excluding hydrogens is 222 g/mol. The van der Waals surface area contributed by atoms with Gasteiger partial charge < -0.3 is 4.48 Å². The fraction of sp³-hybridized carbons (Fsp3) is 1.00. The van der Waals surface area contributed by atoms with E-state index in [0.717, 1.165) is 0 Å². The van der Waals surface area contributed by atoms with E-state index < -0.39 is 9.15 Å². The highest BCUT2D eigenvalue weighted by atomic mass is 33.1. The predicted octanol–water partition coefficient (Wildman–Crippen LogP) is 1.60. The second-order valence-corrected chi connectivity index (χ2v) is 5.33. The first-order valence-corrected chi connectivity index (χ1v) is 7.28. The van der Waals surface area contributed by atoms with E-state index in [4.69, 9.17) is 13.0 Å². The maximum Gasteiger partial charge on any atom is 0.316 e. The zero-order valence-electron chi connectivity index (χ0n) is 9.39. The Morgan fingerprint density at radius 3 is 1.14 bits per heavy atom. The number of hydrogen-bond acceptors (Lipinski definition) is 2. The highest BCUT2D eigenvalue weighted by Crippen LogP contribution is 2.03. The summed E-state index contributed by atoms with van der Waals surface area (Å²) >= 11 is 2.65. The van der Waals surface area contributed by atoms with Crippen molar-refractivity contribution >= 4 is 20.8 Å². The van der Waals surface area contributed by atoms with Gasteiger partial charge in [0.25, 0.3) is 0 Å². The van der Waals surface area contributed by atoms with E-state index in [9.17, 15) is 0 Å². The van der Waals surface area contributed by atoms with Crippen molar-refractivity contribution in [2.45, 2.75) is 27.7 Å². The van der Waals surface area contributed by atoms with E-state index in [1.807, 2.05) is 0 Å². The summed E-state index contributed by atoms with van der Waals surface area (Å²) in [6, 6.07) is 0. The van der Waals surface area contributed by atoms with E-state index in [0.29, 0.717) is 0 Å². The Bertz CT molecular complexity index is 197. The average molecular weight is 244 g/mol. The first-order chi connectivity index (χ1) is 6.24. The number of nitrogens with zero attached hydrogens (tertiary/aromatic N) is 1. The lowest BCUT2D eigenvalue weighted by Crippen LogP contribution is -2.47. The van der Waals surface area contributed by atoms with Crippen molar-refractivity contribution in [3.8, 4) is 0 Å². The summed E-state index contributed by atoms with van der Waals surface area (Å²) < 4.78 is 26.7. The fourth-order valence-electron chi connectivity index (χ4n) is 1.34. The fourth-order valence-corrected chi connectivity index (χ4v) is 1.34. The summed E-state index contributed by atoms with van der Waals surface area (Å²) in [5.74, 6) is 0. The van der Waals surface area contributed by atoms with Gasteiger partial charge in [0.05, 0.1) is 26.2 Å². The lowest BCUT2D eigenvalue weighted by atomic mass is 10.3. The van der Waals surface area contributed by atoms with Crippen LogP contribution in [0.2, 0.25) is 0 Å². The van der Waals surface area contributed by atoms with Crippen molar-refractivity contribution < 1.29 is 17.5 Å². The molecule has 0 saturated heterocycles.